The summed E-state index contributed by atoms with van der Waals surface area (Å²) < 4.78 is 45.5. The predicted molar refractivity (Wildman–Crippen MR) is 257 cm³/mol. The molecule has 0 unspecified atom stereocenters. The minimum Gasteiger partial charge on any atom is -0.508 e. The summed E-state index contributed by atoms with van der Waals surface area (Å²) in [6.45, 7) is 9.98. The van der Waals surface area contributed by atoms with E-state index in [1.807, 2.05) is 67.6 Å². The number of aromatic nitrogens is 2. The number of phenols is 1. The number of phenolic OH excluding ortho intramolecular Hbond substituents is 1. The van der Waals surface area contributed by atoms with Gasteiger partial charge in [0.05, 0.1) is 30.9 Å². The normalized spacial score (nSPS) is 15.9. The number of anilines is 1. The van der Waals surface area contributed by atoms with Gasteiger partial charge in [-0.2, -0.15) is 5.26 Å². The first-order valence-electron chi connectivity index (χ1n) is 23.3. The maximum Gasteiger partial charge on any atom is 0.258 e. The van der Waals surface area contributed by atoms with Crippen molar-refractivity contribution in [3.63, 3.8) is 0 Å². The molecule has 1 atom stereocenters. The fourth-order valence-corrected chi connectivity index (χ4v) is 9.96. The van der Waals surface area contributed by atoms with Crippen LogP contribution < -0.4 is 10.1 Å². The topological polar surface area (TPSA) is 145 Å². The van der Waals surface area contributed by atoms with E-state index in [9.17, 15) is 20.0 Å². The zero-order chi connectivity index (χ0) is 48.7. The molecule has 9 rings (SSSR count). The molecule has 3 aliphatic heterocycles. The van der Waals surface area contributed by atoms with Crippen LogP contribution >= 0.6 is 0 Å². The lowest BCUT2D eigenvalue weighted by Gasteiger charge is -2.36. The van der Waals surface area contributed by atoms with E-state index in [-0.39, 0.29) is 55.1 Å². The molecule has 2 aromatic heterocycles. The van der Waals surface area contributed by atoms with E-state index in [0.717, 1.165) is 47.6 Å². The third-order valence-electron chi connectivity index (χ3n) is 14.1. The number of carbonyl (C=O) groups is 3. The van der Waals surface area contributed by atoms with Crippen molar-refractivity contribution in [3.8, 4) is 40.0 Å². The number of rotatable bonds is 11. The Morgan fingerprint density at radius 1 is 0.855 bits per heavy atom. The molecule has 0 aliphatic carbocycles. The van der Waals surface area contributed by atoms with Crippen molar-refractivity contribution in [1.29, 1.82) is 5.26 Å². The number of benzene rings is 4. The molecule has 4 aromatic carbocycles. The fraction of sp³-hybridized carbons (Fsp3) is 0.333. The van der Waals surface area contributed by atoms with Gasteiger partial charge in [-0.05, 0) is 104 Å². The van der Waals surface area contributed by atoms with Crippen LogP contribution in [0.25, 0.3) is 22.4 Å². The third-order valence-corrected chi connectivity index (χ3v) is 14.1. The number of aromatic hydroxyl groups is 1. The number of halogens is 2. The lowest BCUT2D eigenvalue weighted by atomic mass is 9.87. The van der Waals surface area contributed by atoms with Gasteiger partial charge in [0, 0.05) is 110 Å². The first-order valence-corrected chi connectivity index (χ1v) is 23.3. The molecule has 0 radical (unpaired) electrons. The van der Waals surface area contributed by atoms with Gasteiger partial charge in [-0.1, -0.05) is 24.3 Å². The maximum atomic E-state index is 15.5. The van der Waals surface area contributed by atoms with Crippen LogP contribution in [-0.2, 0) is 56.0 Å². The summed E-state index contributed by atoms with van der Waals surface area (Å²) in [6, 6.07) is 24.0. The number of amides is 3. The second-order valence-electron chi connectivity index (χ2n) is 18.3. The molecule has 13 nitrogen and oxygen atoms in total. The highest BCUT2D eigenvalue weighted by Crippen LogP contribution is 2.44. The van der Waals surface area contributed by atoms with Gasteiger partial charge in [0.2, 0.25) is 5.91 Å². The average Bonchev–Trinajstić information content (AvgIpc) is 3.78. The molecular formula is C54H55F2N7O6. The van der Waals surface area contributed by atoms with Gasteiger partial charge in [0.1, 0.15) is 29.9 Å². The molecule has 356 valence electrons. The summed E-state index contributed by atoms with van der Waals surface area (Å²) in [4.78, 5) is 49.6. The quantitative estimate of drug-likeness (QED) is 0.125. The largest absolute Gasteiger partial charge is 0.508 e. The van der Waals surface area contributed by atoms with Crippen molar-refractivity contribution in [3.05, 3.63) is 147 Å². The average molecular weight is 936 g/mol. The van der Waals surface area contributed by atoms with Crippen molar-refractivity contribution in [2.24, 2.45) is 14.1 Å². The highest BCUT2D eigenvalue weighted by molar-refractivity contribution is 6.14. The zero-order valence-electron chi connectivity index (χ0n) is 39.5. The molecule has 1 saturated heterocycles. The highest BCUT2D eigenvalue weighted by Gasteiger charge is 2.35. The van der Waals surface area contributed by atoms with E-state index in [0.29, 0.717) is 89.7 Å². The van der Waals surface area contributed by atoms with Crippen molar-refractivity contribution in [1.82, 2.24) is 23.8 Å². The van der Waals surface area contributed by atoms with Gasteiger partial charge in [-0.15, -0.1) is 0 Å². The number of nitriles is 1. The Bertz CT molecular complexity index is 3040. The number of nitrogens with one attached hydrogen (secondary N) is 1. The van der Waals surface area contributed by atoms with E-state index in [2.05, 4.69) is 22.4 Å². The molecule has 0 spiro atoms. The van der Waals surface area contributed by atoms with E-state index in [1.165, 1.54) is 17.7 Å². The van der Waals surface area contributed by atoms with Gasteiger partial charge >= 0.3 is 0 Å². The van der Waals surface area contributed by atoms with Crippen LogP contribution in [0.1, 0.15) is 72.5 Å². The van der Waals surface area contributed by atoms with Crippen LogP contribution in [0, 0.1) is 36.8 Å². The standard InChI is InChI=1S/C54H55F2N7O6/c1-32-22-35-8-6-7-9-37(35)31-63(32)54(67)45-24-39-30-62(49(65)26-38-25-47(56)48(28-46(38)55)69-21-18-61-16-19-68-20-17-61)15-14-36(39)23-44(45)52-51(43-27-41(29-57)59(4)33(43)2)50(34(3)60(52)5)53(66)58-40-10-12-42(64)13-11-40/h6-13,23-25,27-28,32,64H,14-22,26,30-31H2,1-5H3,(H,58,66)/t32-/m1/s1. The first-order chi connectivity index (χ1) is 33.2. The Kier molecular flexibility index (Phi) is 13.1. The Balaban J connectivity index is 1.10. The van der Waals surface area contributed by atoms with Gasteiger partial charge in [-0.3, -0.25) is 19.3 Å². The monoisotopic (exact) mass is 935 g/mol. The van der Waals surface area contributed by atoms with Gasteiger partial charge in [-0.25, -0.2) is 8.78 Å². The van der Waals surface area contributed by atoms with E-state index >= 15 is 13.6 Å². The summed E-state index contributed by atoms with van der Waals surface area (Å²) in [5, 5.41) is 23.1. The van der Waals surface area contributed by atoms with Crippen molar-refractivity contribution in [2.75, 3.05) is 51.3 Å². The SMILES string of the molecule is Cc1c(-c2c(C(=O)Nc3ccc(O)cc3)c(C)n(C)c2-c2cc3c(cc2C(=O)N2Cc4ccccc4C[C@H]2C)CN(C(=O)Cc2cc(F)c(OCCN4CCOCC4)cc2F)CC3)cc(C#N)n1C. The number of ether oxygens (including phenoxy) is 2. The predicted octanol–water partition coefficient (Wildman–Crippen LogP) is 7.85. The number of carbonyl (C=O) groups excluding carboxylic acids is 3. The molecular weight excluding hydrogens is 881 g/mol. The minimum atomic E-state index is -0.749. The number of nitrogens with zero attached hydrogens (tertiary/aromatic N) is 6. The van der Waals surface area contributed by atoms with E-state index < -0.39 is 23.4 Å². The lowest BCUT2D eigenvalue weighted by molar-refractivity contribution is -0.131. The van der Waals surface area contributed by atoms with E-state index in [1.54, 1.807) is 34.7 Å². The lowest BCUT2D eigenvalue weighted by Crippen LogP contribution is -2.43. The molecule has 3 amide bonds. The fourth-order valence-electron chi connectivity index (χ4n) is 9.96. The van der Waals surface area contributed by atoms with Crippen LogP contribution in [0.15, 0.2) is 78.9 Å². The second-order valence-corrected chi connectivity index (χ2v) is 18.3. The molecule has 3 aliphatic rings. The van der Waals surface area contributed by atoms with E-state index in [4.69, 9.17) is 9.47 Å². The maximum absolute atomic E-state index is 15.5. The first kappa shape index (κ1) is 46.8. The van der Waals surface area contributed by atoms with Gasteiger partial charge in [0.15, 0.2) is 11.6 Å². The third kappa shape index (κ3) is 9.22. The van der Waals surface area contributed by atoms with Crippen LogP contribution in [0.4, 0.5) is 14.5 Å². The number of hydrogen-bond donors (Lipinski definition) is 2. The van der Waals surface area contributed by atoms with Crippen molar-refractivity contribution < 1.29 is 37.7 Å². The Labute approximate surface area is 400 Å². The number of hydrogen-bond acceptors (Lipinski definition) is 8. The van der Waals surface area contributed by atoms with Gasteiger partial charge in [0.25, 0.3) is 11.8 Å². The van der Waals surface area contributed by atoms with Gasteiger partial charge < -0.3 is 38.8 Å². The second kappa shape index (κ2) is 19.4. The van der Waals surface area contributed by atoms with Crippen LogP contribution in [0.5, 0.6) is 11.5 Å². The highest BCUT2D eigenvalue weighted by atomic mass is 19.1. The summed E-state index contributed by atoms with van der Waals surface area (Å²) in [5.41, 5.74) is 9.06. The molecule has 6 aromatic rings. The van der Waals surface area contributed by atoms with Crippen LogP contribution in [-0.4, -0.2) is 98.7 Å². The number of morpholine rings is 1. The van der Waals surface area contributed by atoms with Crippen LogP contribution in [0.2, 0.25) is 0 Å². The molecule has 2 N–H and O–H groups in total. The Hall–Kier alpha value is -7.28. The smallest absolute Gasteiger partial charge is 0.258 e. The molecule has 5 heterocycles. The van der Waals surface area contributed by atoms with Crippen molar-refractivity contribution in [2.45, 2.75) is 59.2 Å². The molecule has 15 heteroatoms. The summed E-state index contributed by atoms with van der Waals surface area (Å²) in [7, 11) is 3.65. The molecule has 69 heavy (non-hydrogen) atoms. The molecule has 1 fully saturated rings. The number of fused-ring (bicyclic) bond motifs is 2. The molecule has 0 bridgehead atoms. The summed E-state index contributed by atoms with van der Waals surface area (Å²) >= 11 is 0. The molecule has 0 saturated carbocycles. The Morgan fingerprint density at radius 2 is 1.59 bits per heavy atom. The summed E-state index contributed by atoms with van der Waals surface area (Å²) in [6.07, 6.45) is 0.681. The zero-order valence-corrected chi connectivity index (χ0v) is 39.5. The van der Waals surface area contributed by atoms with Crippen molar-refractivity contribution >= 4 is 23.4 Å². The Morgan fingerprint density at radius 3 is 2.32 bits per heavy atom. The van der Waals surface area contributed by atoms with Crippen LogP contribution in [0.3, 0.4) is 0 Å². The summed E-state index contributed by atoms with van der Waals surface area (Å²) in [5.74, 6) is -2.69. The minimum absolute atomic E-state index is 0.0511.